The van der Waals surface area contributed by atoms with Gasteiger partial charge in [-0.25, -0.2) is 4.39 Å². The number of hydrogen-bond acceptors (Lipinski definition) is 2. The Balaban J connectivity index is 2.44. The van der Waals surface area contributed by atoms with Gasteiger partial charge in [-0.2, -0.15) is 35.1 Å². The van der Waals surface area contributed by atoms with Crippen LogP contribution in [0.5, 0.6) is 5.75 Å². The number of halogens is 9. The number of hydrogen-bond donors (Lipinski definition) is 1. The molecule has 0 radical (unpaired) electrons. The van der Waals surface area contributed by atoms with Crippen LogP contribution in [-0.2, 0) is 5.60 Å². The van der Waals surface area contributed by atoms with Crippen LogP contribution in [0.2, 0.25) is 0 Å². The van der Waals surface area contributed by atoms with Crippen LogP contribution in [0.15, 0.2) is 24.3 Å². The quantitative estimate of drug-likeness (QED) is 0.625. The first-order chi connectivity index (χ1) is 12.5. The van der Waals surface area contributed by atoms with Gasteiger partial charge in [0.2, 0.25) is 0 Å². The van der Waals surface area contributed by atoms with Gasteiger partial charge in [-0.3, -0.25) is 0 Å². The van der Waals surface area contributed by atoms with Crippen molar-refractivity contribution < 1.29 is 49.4 Å². The third-order valence-electron chi connectivity index (χ3n) is 4.72. The van der Waals surface area contributed by atoms with Crippen LogP contribution >= 0.6 is 0 Å². The molecule has 1 N–H and O–H groups in total. The molecule has 2 rings (SSSR count). The van der Waals surface area contributed by atoms with E-state index >= 15 is 0 Å². The summed E-state index contributed by atoms with van der Waals surface area (Å²) in [7, 11) is 0. The minimum Gasteiger partial charge on any atom is -0.494 e. The van der Waals surface area contributed by atoms with Crippen molar-refractivity contribution >= 4 is 0 Å². The molecule has 0 spiro atoms. The van der Waals surface area contributed by atoms with Gasteiger partial charge in [0.05, 0.1) is 12.2 Å². The summed E-state index contributed by atoms with van der Waals surface area (Å²) in [5.74, 6) is -26.0. The Kier molecular flexibility index (Phi) is 5.20. The van der Waals surface area contributed by atoms with E-state index in [-0.39, 0.29) is 5.75 Å². The van der Waals surface area contributed by atoms with Gasteiger partial charge in [-0.15, -0.1) is 0 Å². The largest absolute Gasteiger partial charge is 0.494 e. The standard InChI is InChI=1S/C17H17F9O2/c1-3-8-28-11-6-4-10(5-7-11)12(2,27)9-13(18)14(19,20)16(23,24)17(25,26)15(13,21)22/h4-7,27H,3,8-9H2,1-2H3. The summed E-state index contributed by atoms with van der Waals surface area (Å²) in [6, 6.07) is 4.38. The van der Waals surface area contributed by atoms with Gasteiger partial charge in [-0.1, -0.05) is 19.1 Å². The molecule has 0 amide bonds. The normalized spacial score (nSPS) is 25.9. The van der Waals surface area contributed by atoms with E-state index in [0.29, 0.717) is 20.0 Å². The molecule has 11 heteroatoms. The minimum atomic E-state index is -6.66. The Labute approximate surface area is 154 Å². The lowest BCUT2D eigenvalue weighted by atomic mass is 9.80. The van der Waals surface area contributed by atoms with Gasteiger partial charge in [0.1, 0.15) is 5.75 Å². The molecular formula is C17H17F9O2. The lowest BCUT2D eigenvalue weighted by molar-refractivity contribution is -0.303. The lowest BCUT2D eigenvalue weighted by Crippen LogP contribution is -2.57. The van der Waals surface area contributed by atoms with Crippen LogP contribution in [0.25, 0.3) is 0 Å². The van der Waals surface area contributed by atoms with E-state index in [1.54, 1.807) is 6.92 Å². The van der Waals surface area contributed by atoms with E-state index in [0.717, 1.165) is 12.1 Å². The van der Waals surface area contributed by atoms with Gasteiger partial charge in [-0.05, 0) is 31.0 Å². The summed E-state index contributed by atoms with van der Waals surface area (Å²) in [5, 5.41) is 10.2. The SMILES string of the molecule is CCCOc1ccc(C(C)(O)CC2(F)C(F)(F)C(F)(F)C(F)(F)C2(F)F)cc1. The molecule has 0 bridgehead atoms. The molecule has 1 aliphatic carbocycles. The summed E-state index contributed by atoms with van der Waals surface area (Å²) < 4.78 is 128. The highest BCUT2D eigenvalue weighted by Gasteiger charge is 3.00. The van der Waals surface area contributed by atoms with Gasteiger partial charge >= 0.3 is 23.7 Å². The molecule has 1 aromatic carbocycles. The summed E-state index contributed by atoms with van der Waals surface area (Å²) in [4.78, 5) is 0. The van der Waals surface area contributed by atoms with E-state index in [4.69, 9.17) is 4.74 Å². The molecule has 2 nitrogen and oxygen atoms in total. The highest BCUT2D eigenvalue weighted by Crippen LogP contribution is 2.70. The molecule has 0 saturated heterocycles. The second-order valence-electron chi connectivity index (χ2n) is 6.92. The Bertz CT molecular complexity index is 688. The fraction of sp³-hybridized carbons (Fsp3) is 0.647. The molecule has 1 saturated carbocycles. The van der Waals surface area contributed by atoms with Crippen LogP contribution in [0.3, 0.4) is 0 Å². The molecule has 1 fully saturated rings. The van der Waals surface area contributed by atoms with Crippen molar-refractivity contribution in [2.75, 3.05) is 6.61 Å². The van der Waals surface area contributed by atoms with Crippen LogP contribution in [0.1, 0.15) is 32.3 Å². The third kappa shape index (κ3) is 2.76. The summed E-state index contributed by atoms with van der Waals surface area (Å²) in [5.41, 5.74) is -9.05. The molecular weight excluding hydrogens is 407 g/mol. The maximum absolute atomic E-state index is 14.6. The Hall–Kier alpha value is -1.65. The predicted molar refractivity (Wildman–Crippen MR) is 80.0 cm³/mol. The average Bonchev–Trinajstić information content (AvgIpc) is 2.62. The van der Waals surface area contributed by atoms with Crippen molar-refractivity contribution in [2.45, 2.75) is 61.6 Å². The molecule has 0 heterocycles. The highest BCUT2D eigenvalue weighted by molar-refractivity contribution is 5.33. The van der Waals surface area contributed by atoms with E-state index in [2.05, 4.69) is 0 Å². The number of aliphatic hydroxyl groups is 1. The molecule has 0 aliphatic heterocycles. The Morgan fingerprint density at radius 2 is 1.25 bits per heavy atom. The molecule has 1 aliphatic rings. The first-order valence-electron chi connectivity index (χ1n) is 8.15. The summed E-state index contributed by atoms with van der Waals surface area (Å²) >= 11 is 0. The zero-order valence-corrected chi connectivity index (χ0v) is 14.7. The first kappa shape index (κ1) is 22.6. The fourth-order valence-electron chi connectivity index (χ4n) is 3.02. The topological polar surface area (TPSA) is 29.5 Å². The Morgan fingerprint density at radius 1 is 0.821 bits per heavy atom. The van der Waals surface area contributed by atoms with Crippen molar-refractivity contribution in [1.29, 1.82) is 0 Å². The van der Waals surface area contributed by atoms with E-state index < -0.39 is 46.9 Å². The molecule has 160 valence electrons. The second kappa shape index (κ2) is 6.43. The van der Waals surface area contributed by atoms with Crippen LogP contribution in [0.4, 0.5) is 39.5 Å². The molecule has 1 atom stereocenters. The maximum atomic E-state index is 14.6. The molecule has 1 unspecified atom stereocenters. The first-order valence-corrected chi connectivity index (χ1v) is 8.15. The lowest BCUT2D eigenvalue weighted by Gasteiger charge is -2.36. The van der Waals surface area contributed by atoms with Crippen LogP contribution in [-0.4, -0.2) is 41.1 Å². The van der Waals surface area contributed by atoms with E-state index in [9.17, 15) is 44.6 Å². The van der Waals surface area contributed by atoms with E-state index in [1.165, 1.54) is 12.1 Å². The zero-order valence-electron chi connectivity index (χ0n) is 14.7. The maximum Gasteiger partial charge on any atom is 0.381 e. The van der Waals surface area contributed by atoms with Crippen LogP contribution in [0, 0.1) is 0 Å². The monoisotopic (exact) mass is 424 g/mol. The number of alkyl halides is 9. The van der Waals surface area contributed by atoms with Gasteiger partial charge in [0.15, 0.2) is 0 Å². The zero-order chi connectivity index (χ0) is 21.8. The van der Waals surface area contributed by atoms with Gasteiger partial charge in [0.25, 0.3) is 5.67 Å². The summed E-state index contributed by atoms with van der Waals surface area (Å²) in [6.07, 6.45) is -1.77. The molecule has 1 aromatic rings. The van der Waals surface area contributed by atoms with E-state index in [1.807, 2.05) is 0 Å². The molecule has 0 aromatic heterocycles. The van der Waals surface area contributed by atoms with Crippen LogP contribution < -0.4 is 4.74 Å². The smallest absolute Gasteiger partial charge is 0.381 e. The number of rotatable bonds is 6. The summed E-state index contributed by atoms with van der Waals surface area (Å²) in [6.45, 7) is 2.68. The van der Waals surface area contributed by atoms with Crippen molar-refractivity contribution in [2.24, 2.45) is 0 Å². The molecule has 28 heavy (non-hydrogen) atoms. The third-order valence-corrected chi connectivity index (χ3v) is 4.72. The van der Waals surface area contributed by atoms with Crippen molar-refractivity contribution in [3.8, 4) is 5.75 Å². The van der Waals surface area contributed by atoms with Gasteiger partial charge in [0, 0.05) is 6.42 Å². The Morgan fingerprint density at radius 3 is 1.64 bits per heavy atom. The van der Waals surface area contributed by atoms with Crippen molar-refractivity contribution in [3.05, 3.63) is 29.8 Å². The predicted octanol–water partition coefficient (Wildman–Crippen LogP) is 5.34. The highest BCUT2D eigenvalue weighted by atomic mass is 19.4. The van der Waals surface area contributed by atoms with Crippen molar-refractivity contribution in [1.82, 2.24) is 0 Å². The number of benzene rings is 1. The number of ether oxygens (including phenoxy) is 1. The fourth-order valence-corrected chi connectivity index (χ4v) is 3.02. The second-order valence-corrected chi connectivity index (χ2v) is 6.92. The minimum absolute atomic E-state index is 0.242. The van der Waals surface area contributed by atoms with Gasteiger partial charge < -0.3 is 9.84 Å². The van der Waals surface area contributed by atoms with Crippen molar-refractivity contribution in [3.63, 3.8) is 0 Å². The average molecular weight is 424 g/mol.